The smallest absolute Gasteiger partial charge is 0.277 e. The van der Waals surface area contributed by atoms with Crippen molar-refractivity contribution >= 4 is 29.0 Å². The van der Waals surface area contributed by atoms with Crippen LogP contribution in [0.3, 0.4) is 0 Å². The molecule has 1 saturated carbocycles. The third-order valence-electron chi connectivity index (χ3n) is 4.21. The Kier molecular flexibility index (Phi) is 4.71. The lowest BCUT2D eigenvalue weighted by atomic mass is 10.0. The van der Waals surface area contributed by atoms with Crippen molar-refractivity contribution < 1.29 is 9.21 Å². The van der Waals surface area contributed by atoms with E-state index in [9.17, 15) is 4.79 Å². The van der Waals surface area contributed by atoms with Gasteiger partial charge in [0.05, 0.1) is 10.6 Å². The van der Waals surface area contributed by atoms with E-state index in [-0.39, 0.29) is 5.91 Å². The Morgan fingerprint density at radius 2 is 2.29 bits per heavy atom. The number of allylic oxidation sites excluding steroid dienone is 2. The second kappa shape index (κ2) is 7.11. The standard InChI is InChI=1S/C17H19N3O2S2/c21-15(20(13-8-9-13)12-5-2-1-3-6-12)11-24-17-19-18-16(22-17)14-7-4-10-23-14/h4-5,7,10,13H,1-3,6,8-9,11H2. The van der Waals surface area contributed by atoms with Gasteiger partial charge >= 0.3 is 0 Å². The van der Waals surface area contributed by atoms with E-state index in [4.69, 9.17) is 4.42 Å². The van der Waals surface area contributed by atoms with Crippen molar-refractivity contribution in [3.63, 3.8) is 0 Å². The van der Waals surface area contributed by atoms with E-state index < -0.39 is 0 Å². The summed E-state index contributed by atoms with van der Waals surface area (Å²) < 4.78 is 5.65. The fraction of sp³-hybridized carbons (Fsp3) is 0.471. The molecule has 2 aliphatic carbocycles. The number of hydrogen-bond donors (Lipinski definition) is 0. The van der Waals surface area contributed by atoms with E-state index in [1.54, 1.807) is 11.3 Å². The fourth-order valence-corrected chi connectivity index (χ4v) is 4.20. The summed E-state index contributed by atoms with van der Waals surface area (Å²) in [5.74, 6) is 1.03. The molecule has 0 bridgehead atoms. The molecule has 5 nitrogen and oxygen atoms in total. The molecule has 2 heterocycles. The summed E-state index contributed by atoms with van der Waals surface area (Å²) in [6.45, 7) is 0. The van der Waals surface area contributed by atoms with Crippen molar-refractivity contribution in [1.82, 2.24) is 15.1 Å². The molecule has 2 aromatic rings. The Balaban J connectivity index is 1.39. The number of rotatable bonds is 6. The third kappa shape index (κ3) is 3.57. The molecule has 0 unspecified atom stereocenters. The normalized spacial score (nSPS) is 17.6. The molecule has 0 N–H and O–H groups in total. The molecule has 2 aliphatic rings. The first-order valence-corrected chi connectivity index (χ1v) is 10.2. The van der Waals surface area contributed by atoms with Crippen molar-refractivity contribution in [3.05, 3.63) is 29.3 Å². The summed E-state index contributed by atoms with van der Waals surface area (Å²) in [5, 5.41) is 10.5. The van der Waals surface area contributed by atoms with E-state index in [1.807, 2.05) is 22.4 Å². The topological polar surface area (TPSA) is 59.2 Å². The van der Waals surface area contributed by atoms with E-state index in [2.05, 4.69) is 16.3 Å². The van der Waals surface area contributed by atoms with E-state index in [0.717, 1.165) is 30.6 Å². The van der Waals surface area contributed by atoms with Crippen LogP contribution in [0.2, 0.25) is 0 Å². The highest BCUT2D eigenvalue weighted by atomic mass is 32.2. The van der Waals surface area contributed by atoms with E-state index in [0.29, 0.717) is 22.9 Å². The highest BCUT2D eigenvalue weighted by molar-refractivity contribution is 7.99. The van der Waals surface area contributed by atoms with Gasteiger partial charge in [-0.15, -0.1) is 21.5 Å². The predicted octanol–water partition coefficient (Wildman–Crippen LogP) is 4.34. The van der Waals surface area contributed by atoms with Crippen molar-refractivity contribution in [1.29, 1.82) is 0 Å². The van der Waals surface area contributed by atoms with Gasteiger partial charge in [0.1, 0.15) is 0 Å². The first kappa shape index (κ1) is 15.9. The molecule has 0 radical (unpaired) electrons. The van der Waals surface area contributed by atoms with Gasteiger partial charge in [-0.25, -0.2) is 0 Å². The SMILES string of the molecule is O=C(CSc1nnc(-c2cccs2)o1)N(C1=CCCCC1)C1CC1. The van der Waals surface area contributed by atoms with Crippen LogP contribution in [0.5, 0.6) is 0 Å². The van der Waals surface area contributed by atoms with Crippen LogP contribution < -0.4 is 0 Å². The molecule has 0 aliphatic heterocycles. The molecular formula is C17H19N3O2S2. The Morgan fingerprint density at radius 1 is 1.38 bits per heavy atom. The highest BCUT2D eigenvalue weighted by Crippen LogP contribution is 2.35. The van der Waals surface area contributed by atoms with Crippen LogP contribution in [0.15, 0.2) is 38.9 Å². The third-order valence-corrected chi connectivity index (χ3v) is 5.88. The minimum Gasteiger partial charge on any atom is -0.410 e. The number of thioether (sulfide) groups is 1. The fourth-order valence-electron chi connectivity index (χ4n) is 2.93. The number of aromatic nitrogens is 2. The Hall–Kier alpha value is -1.60. The average Bonchev–Trinajstić information content (AvgIpc) is 3.11. The molecular weight excluding hydrogens is 342 g/mol. The second-order valence-corrected chi connectivity index (χ2v) is 7.95. The van der Waals surface area contributed by atoms with Crippen molar-refractivity contribution in [2.45, 2.75) is 49.8 Å². The maximum Gasteiger partial charge on any atom is 0.277 e. The number of hydrogen-bond acceptors (Lipinski definition) is 6. The van der Waals surface area contributed by atoms with Gasteiger partial charge in [0.25, 0.3) is 11.1 Å². The molecule has 0 spiro atoms. The van der Waals surface area contributed by atoms with Gasteiger partial charge in [0.15, 0.2) is 0 Å². The first-order chi connectivity index (χ1) is 11.8. The zero-order chi connectivity index (χ0) is 16.4. The van der Waals surface area contributed by atoms with Crippen LogP contribution >= 0.6 is 23.1 Å². The lowest BCUT2D eigenvalue weighted by Gasteiger charge is -2.27. The van der Waals surface area contributed by atoms with Crippen molar-refractivity contribution in [2.24, 2.45) is 0 Å². The minimum absolute atomic E-state index is 0.159. The Labute approximate surface area is 149 Å². The van der Waals surface area contributed by atoms with Gasteiger partial charge in [-0.2, -0.15) is 0 Å². The summed E-state index contributed by atoms with van der Waals surface area (Å²) in [5.41, 5.74) is 1.22. The van der Waals surface area contributed by atoms with Gasteiger partial charge in [-0.1, -0.05) is 23.9 Å². The lowest BCUT2D eigenvalue weighted by molar-refractivity contribution is -0.127. The van der Waals surface area contributed by atoms with Crippen LogP contribution in [-0.4, -0.2) is 32.8 Å². The summed E-state index contributed by atoms with van der Waals surface area (Å²) in [4.78, 5) is 15.7. The molecule has 0 atom stereocenters. The summed E-state index contributed by atoms with van der Waals surface area (Å²) in [6, 6.07) is 4.31. The van der Waals surface area contributed by atoms with Gasteiger partial charge in [-0.05, 0) is 50.0 Å². The van der Waals surface area contributed by atoms with E-state index >= 15 is 0 Å². The predicted molar refractivity (Wildman–Crippen MR) is 94.8 cm³/mol. The minimum atomic E-state index is 0.159. The lowest BCUT2D eigenvalue weighted by Crippen LogP contribution is -2.34. The van der Waals surface area contributed by atoms with Gasteiger partial charge < -0.3 is 9.32 Å². The molecule has 126 valence electrons. The summed E-state index contributed by atoms with van der Waals surface area (Å²) in [6.07, 6.45) is 9.02. The molecule has 7 heteroatoms. The number of nitrogens with zero attached hydrogens (tertiary/aromatic N) is 3. The molecule has 0 aromatic carbocycles. The zero-order valence-corrected chi connectivity index (χ0v) is 14.9. The number of carbonyl (C=O) groups excluding carboxylic acids is 1. The van der Waals surface area contributed by atoms with Crippen LogP contribution in [0, 0.1) is 0 Å². The highest BCUT2D eigenvalue weighted by Gasteiger charge is 2.35. The summed E-state index contributed by atoms with van der Waals surface area (Å²) in [7, 11) is 0. The maximum atomic E-state index is 12.7. The molecule has 0 saturated heterocycles. The quantitative estimate of drug-likeness (QED) is 0.716. The second-order valence-electron chi connectivity index (χ2n) is 6.08. The van der Waals surface area contributed by atoms with Crippen LogP contribution in [0.1, 0.15) is 38.5 Å². The summed E-state index contributed by atoms with van der Waals surface area (Å²) >= 11 is 2.89. The molecule has 24 heavy (non-hydrogen) atoms. The number of amides is 1. The first-order valence-electron chi connectivity index (χ1n) is 8.32. The van der Waals surface area contributed by atoms with Gasteiger partial charge in [-0.3, -0.25) is 4.79 Å². The van der Waals surface area contributed by atoms with Gasteiger partial charge in [0, 0.05) is 11.7 Å². The Morgan fingerprint density at radius 3 is 3.00 bits per heavy atom. The van der Waals surface area contributed by atoms with Gasteiger partial charge in [0.2, 0.25) is 5.91 Å². The van der Waals surface area contributed by atoms with Crippen molar-refractivity contribution in [3.8, 4) is 10.8 Å². The number of carbonyl (C=O) groups is 1. The van der Waals surface area contributed by atoms with Crippen molar-refractivity contribution in [2.75, 3.05) is 5.75 Å². The monoisotopic (exact) mass is 361 g/mol. The molecule has 1 amide bonds. The van der Waals surface area contributed by atoms with Crippen LogP contribution in [-0.2, 0) is 4.79 Å². The largest absolute Gasteiger partial charge is 0.410 e. The molecule has 1 fully saturated rings. The number of thiophene rings is 1. The molecule has 4 rings (SSSR count). The zero-order valence-electron chi connectivity index (χ0n) is 13.3. The Bertz CT molecular complexity index is 735. The maximum absolute atomic E-state index is 12.7. The molecule has 2 aromatic heterocycles. The average molecular weight is 361 g/mol. The van der Waals surface area contributed by atoms with Crippen LogP contribution in [0.4, 0.5) is 0 Å². The van der Waals surface area contributed by atoms with E-state index in [1.165, 1.54) is 30.3 Å². The van der Waals surface area contributed by atoms with Crippen LogP contribution in [0.25, 0.3) is 10.8 Å².